The highest BCUT2D eigenvalue weighted by molar-refractivity contribution is 6.00. The molecule has 94 valence electrons. The third-order valence-corrected chi connectivity index (χ3v) is 6.01. The van der Waals surface area contributed by atoms with Crippen molar-refractivity contribution in [2.24, 2.45) is 22.7 Å². The topological polar surface area (TPSA) is 34.1 Å². The normalized spacial score (nSPS) is 48.2. The lowest BCUT2D eigenvalue weighted by Crippen LogP contribution is -2.48. The number of hydrogen-bond donors (Lipinski definition) is 0. The van der Waals surface area contributed by atoms with Crippen LogP contribution < -0.4 is 0 Å². The Labute approximate surface area is 103 Å². The first-order valence-electron chi connectivity index (χ1n) is 6.55. The Morgan fingerprint density at radius 3 is 2.47 bits per heavy atom. The van der Waals surface area contributed by atoms with E-state index in [0.29, 0.717) is 12.3 Å². The molecule has 0 aromatic rings. The SMILES string of the molecule is C[C@@H]1CC[C@@]2(C)[C@H](C)/C(=C\C=O)C(=O)C[C@@]12C. The number of Topliss-reactive ketones (excluding diaryl/α,β-unsaturated/α-hetero) is 1. The van der Waals surface area contributed by atoms with E-state index in [1.807, 2.05) is 0 Å². The quantitative estimate of drug-likeness (QED) is 0.516. The first kappa shape index (κ1) is 12.5. The number of hydrogen-bond acceptors (Lipinski definition) is 2. The lowest BCUT2D eigenvalue weighted by molar-refractivity contribution is -0.127. The summed E-state index contributed by atoms with van der Waals surface area (Å²) in [5.41, 5.74) is 1.01. The van der Waals surface area contributed by atoms with Crippen LogP contribution in [0.5, 0.6) is 0 Å². The van der Waals surface area contributed by atoms with Crippen LogP contribution in [0.1, 0.15) is 47.0 Å². The molecule has 0 aromatic carbocycles. The molecule has 0 saturated heterocycles. The molecule has 2 aliphatic carbocycles. The second kappa shape index (κ2) is 3.79. The molecule has 0 bridgehead atoms. The fourth-order valence-electron chi connectivity index (χ4n) is 4.10. The highest BCUT2D eigenvalue weighted by Crippen LogP contribution is 2.65. The predicted octanol–water partition coefficient (Wildman–Crippen LogP) is 3.16. The molecule has 0 spiro atoms. The standard InChI is InChI=1S/C15H22O2/c1-10-5-7-14(3)11(2)12(6-8-16)13(17)9-15(10,14)4/h6,8,10-11H,5,7,9H2,1-4H3/b12-6+/t10-,11-,14+,15+/m1/s1. The second-order valence-electron chi connectivity index (χ2n) is 6.35. The fraction of sp³-hybridized carbons (Fsp3) is 0.733. The van der Waals surface area contributed by atoms with Gasteiger partial charge in [0.05, 0.1) is 0 Å². The average molecular weight is 234 g/mol. The maximum atomic E-state index is 12.2. The van der Waals surface area contributed by atoms with Crippen LogP contribution >= 0.6 is 0 Å². The zero-order valence-corrected chi connectivity index (χ0v) is 11.2. The summed E-state index contributed by atoms with van der Waals surface area (Å²) in [6.07, 6.45) is 5.21. The Bertz CT molecular complexity index is 396. The van der Waals surface area contributed by atoms with Crippen molar-refractivity contribution in [3.8, 4) is 0 Å². The van der Waals surface area contributed by atoms with Crippen molar-refractivity contribution in [1.29, 1.82) is 0 Å². The highest BCUT2D eigenvalue weighted by Gasteiger charge is 2.59. The summed E-state index contributed by atoms with van der Waals surface area (Å²) in [5.74, 6) is 0.971. The van der Waals surface area contributed by atoms with E-state index in [9.17, 15) is 9.59 Å². The van der Waals surface area contributed by atoms with E-state index >= 15 is 0 Å². The van der Waals surface area contributed by atoms with Crippen LogP contribution in [0.25, 0.3) is 0 Å². The number of aldehydes is 1. The molecule has 0 unspecified atom stereocenters. The molecular weight excluding hydrogens is 212 g/mol. The summed E-state index contributed by atoms with van der Waals surface area (Å²) >= 11 is 0. The number of ketones is 1. The minimum absolute atomic E-state index is 0.101. The Hall–Kier alpha value is -0.920. The molecule has 4 atom stereocenters. The summed E-state index contributed by atoms with van der Waals surface area (Å²) in [6.45, 7) is 8.94. The van der Waals surface area contributed by atoms with Gasteiger partial charge in [-0.1, -0.05) is 27.7 Å². The Balaban J connectivity index is 2.48. The first-order valence-corrected chi connectivity index (χ1v) is 6.55. The molecule has 0 aromatic heterocycles. The monoisotopic (exact) mass is 234 g/mol. The summed E-state index contributed by atoms with van der Waals surface area (Å²) in [4.78, 5) is 22.9. The molecule has 0 aliphatic heterocycles. The van der Waals surface area contributed by atoms with Crippen LogP contribution in [0.3, 0.4) is 0 Å². The van der Waals surface area contributed by atoms with Gasteiger partial charge in [0.2, 0.25) is 0 Å². The summed E-state index contributed by atoms with van der Waals surface area (Å²) in [7, 11) is 0. The van der Waals surface area contributed by atoms with E-state index in [-0.39, 0.29) is 22.5 Å². The molecule has 2 rings (SSSR count). The minimum atomic E-state index is 0.101. The average Bonchev–Trinajstić information content (AvgIpc) is 2.50. The lowest BCUT2D eigenvalue weighted by atomic mass is 9.52. The van der Waals surface area contributed by atoms with Crippen LogP contribution in [0, 0.1) is 22.7 Å². The fourth-order valence-corrected chi connectivity index (χ4v) is 4.10. The summed E-state index contributed by atoms with van der Waals surface area (Å²) < 4.78 is 0. The molecule has 0 heterocycles. The highest BCUT2D eigenvalue weighted by atomic mass is 16.1. The van der Waals surface area contributed by atoms with Crippen molar-refractivity contribution < 1.29 is 9.59 Å². The van der Waals surface area contributed by atoms with Gasteiger partial charge in [0.15, 0.2) is 5.78 Å². The molecule has 2 saturated carbocycles. The van der Waals surface area contributed by atoms with Gasteiger partial charge in [-0.2, -0.15) is 0 Å². The van der Waals surface area contributed by atoms with Crippen molar-refractivity contribution in [2.45, 2.75) is 47.0 Å². The maximum absolute atomic E-state index is 12.2. The van der Waals surface area contributed by atoms with Crippen LogP contribution in [-0.4, -0.2) is 12.1 Å². The van der Waals surface area contributed by atoms with Crippen molar-refractivity contribution in [3.05, 3.63) is 11.6 Å². The van der Waals surface area contributed by atoms with Gasteiger partial charge in [0, 0.05) is 12.0 Å². The van der Waals surface area contributed by atoms with Gasteiger partial charge in [0.1, 0.15) is 6.29 Å². The van der Waals surface area contributed by atoms with Gasteiger partial charge < -0.3 is 0 Å². The summed E-state index contributed by atoms with van der Waals surface area (Å²) in [6, 6.07) is 0. The third-order valence-electron chi connectivity index (χ3n) is 6.01. The van der Waals surface area contributed by atoms with E-state index in [2.05, 4.69) is 27.7 Å². The molecule has 2 heteroatoms. The van der Waals surface area contributed by atoms with Crippen LogP contribution in [-0.2, 0) is 9.59 Å². The van der Waals surface area contributed by atoms with Gasteiger partial charge >= 0.3 is 0 Å². The number of carbonyl (C=O) groups excluding carboxylic acids is 2. The molecule has 2 fully saturated rings. The van der Waals surface area contributed by atoms with Crippen molar-refractivity contribution >= 4 is 12.1 Å². The zero-order valence-electron chi connectivity index (χ0n) is 11.2. The Morgan fingerprint density at radius 2 is 1.88 bits per heavy atom. The molecule has 0 radical (unpaired) electrons. The van der Waals surface area contributed by atoms with Gasteiger partial charge in [-0.3, -0.25) is 9.59 Å². The molecular formula is C15H22O2. The third kappa shape index (κ3) is 1.46. The van der Waals surface area contributed by atoms with Crippen LogP contribution in [0.4, 0.5) is 0 Å². The van der Waals surface area contributed by atoms with Crippen LogP contribution in [0.2, 0.25) is 0 Å². The van der Waals surface area contributed by atoms with Crippen molar-refractivity contribution in [1.82, 2.24) is 0 Å². The van der Waals surface area contributed by atoms with Crippen LogP contribution in [0.15, 0.2) is 11.6 Å². The number of allylic oxidation sites excluding steroid dienone is 2. The number of carbonyl (C=O) groups is 2. The Kier molecular flexibility index (Phi) is 2.80. The molecule has 0 N–H and O–H groups in total. The second-order valence-corrected chi connectivity index (χ2v) is 6.35. The maximum Gasteiger partial charge on any atom is 0.159 e. The van der Waals surface area contributed by atoms with Gasteiger partial charge in [-0.15, -0.1) is 0 Å². The summed E-state index contributed by atoms with van der Waals surface area (Å²) in [5, 5.41) is 0. The largest absolute Gasteiger partial charge is 0.299 e. The van der Waals surface area contributed by atoms with E-state index in [1.165, 1.54) is 12.5 Å². The van der Waals surface area contributed by atoms with Crippen molar-refractivity contribution in [3.63, 3.8) is 0 Å². The van der Waals surface area contributed by atoms with E-state index in [1.54, 1.807) is 0 Å². The number of fused-ring (bicyclic) bond motifs is 1. The minimum Gasteiger partial charge on any atom is -0.299 e. The van der Waals surface area contributed by atoms with Gasteiger partial charge in [-0.25, -0.2) is 0 Å². The predicted molar refractivity (Wildman–Crippen MR) is 67.5 cm³/mol. The molecule has 17 heavy (non-hydrogen) atoms. The van der Waals surface area contributed by atoms with Crippen molar-refractivity contribution in [2.75, 3.05) is 0 Å². The van der Waals surface area contributed by atoms with E-state index in [0.717, 1.165) is 18.3 Å². The first-order chi connectivity index (χ1) is 7.87. The van der Waals surface area contributed by atoms with E-state index in [4.69, 9.17) is 0 Å². The Morgan fingerprint density at radius 1 is 1.24 bits per heavy atom. The molecule has 0 amide bonds. The zero-order chi connectivity index (χ0) is 12.8. The lowest BCUT2D eigenvalue weighted by Gasteiger charge is -2.51. The van der Waals surface area contributed by atoms with Gasteiger partial charge in [-0.05, 0) is 41.6 Å². The van der Waals surface area contributed by atoms with E-state index < -0.39 is 0 Å². The number of rotatable bonds is 1. The molecule has 2 nitrogen and oxygen atoms in total. The van der Waals surface area contributed by atoms with Gasteiger partial charge in [0.25, 0.3) is 0 Å². The molecule has 2 aliphatic rings. The smallest absolute Gasteiger partial charge is 0.159 e.